The van der Waals surface area contributed by atoms with Crippen LogP contribution in [0.15, 0.2) is 78.0 Å². The summed E-state index contributed by atoms with van der Waals surface area (Å²) in [5.41, 5.74) is 1.80. The molecule has 8 heteroatoms. The van der Waals surface area contributed by atoms with E-state index < -0.39 is 10.0 Å². The number of sulfonamides is 1. The summed E-state index contributed by atoms with van der Waals surface area (Å²) in [7, 11) is -2.19. The molecule has 0 saturated carbocycles. The molecule has 3 aromatic rings. The molecule has 1 aromatic heterocycles. The number of nitrogens with zero attached hydrogens (tertiary/aromatic N) is 2. The van der Waals surface area contributed by atoms with Crippen LogP contribution in [0.5, 0.6) is 5.75 Å². The molecule has 1 amide bonds. The third-order valence-corrected chi connectivity index (χ3v) is 7.52. The second-order valence-corrected chi connectivity index (χ2v) is 9.48. The van der Waals surface area contributed by atoms with Gasteiger partial charge in [-0.25, -0.2) is 8.42 Å². The van der Waals surface area contributed by atoms with Crippen LogP contribution in [0.25, 0.3) is 0 Å². The lowest BCUT2D eigenvalue weighted by Gasteiger charge is -2.34. The largest absolute Gasteiger partial charge is 0.496 e. The second-order valence-electron chi connectivity index (χ2n) is 7.59. The highest BCUT2D eigenvalue weighted by atomic mass is 32.2. The van der Waals surface area contributed by atoms with Crippen molar-refractivity contribution in [2.75, 3.05) is 19.0 Å². The number of carbonyl (C=O) groups is 1. The first-order valence-electron chi connectivity index (χ1n) is 10.5. The third-order valence-electron chi connectivity index (χ3n) is 5.59. The molecule has 0 unspecified atom stereocenters. The van der Waals surface area contributed by atoms with Gasteiger partial charge in [0.25, 0.3) is 5.91 Å². The summed E-state index contributed by atoms with van der Waals surface area (Å²) in [6, 6.07) is 16.7. The zero-order valence-corrected chi connectivity index (χ0v) is 18.6. The highest BCUT2D eigenvalue weighted by molar-refractivity contribution is 7.89. The number of anilines is 1. The minimum absolute atomic E-state index is 0.198. The normalized spacial score (nSPS) is 17.0. The van der Waals surface area contributed by atoms with Crippen molar-refractivity contribution in [3.63, 3.8) is 0 Å². The summed E-state index contributed by atoms with van der Waals surface area (Å²) in [4.78, 5) is 17.0. The molecule has 0 radical (unpaired) electrons. The van der Waals surface area contributed by atoms with Crippen LogP contribution in [0.3, 0.4) is 0 Å². The van der Waals surface area contributed by atoms with E-state index in [0.29, 0.717) is 23.5 Å². The van der Waals surface area contributed by atoms with Gasteiger partial charge in [-0.15, -0.1) is 0 Å². The third kappa shape index (κ3) is 4.51. The summed E-state index contributed by atoms with van der Waals surface area (Å²) in [6.07, 6.45) is 5.97. The minimum Gasteiger partial charge on any atom is -0.496 e. The zero-order valence-electron chi connectivity index (χ0n) is 17.8. The maximum atomic E-state index is 13.4. The van der Waals surface area contributed by atoms with Gasteiger partial charge in [-0.05, 0) is 60.9 Å². The molecule has 2 heterocycles. The number of carbonyl (C=O) groups excluding carboxylic acids is 1. The zero-order chi connectivity index (χ0) is 22.6. The smallest absolute Gasteiger partial charge is 0.259 e. The molecule has 1 atom stereocenters. The first kappa shape index (κ1) is 22.0. The molecular formula is C24H25N3O4S. The number of para-hydroxylation sites is 1. The van der Waals surface area contributed by atoms with E-state index in [0.717, 1.165) is 24.8 Å². The molecule has 1 N–H and O–H groups in total. The molecule has 1 fully saturated rings. The SMILES string of the molecule is COc1ccccc1C(=O)Nc1ccc(S(=O)(=O)N2CCCC[C@@H]2c2cccnc2)cc1. The Balaban J connectivity index is 1.54. The molecule has 166 valence electrons. The van der Waals surface area contributed by atoms with E-state index in [1.54, 1.807) is 53.1 Å². The predicted octanol–water partition coefficient (Wildman–Crippen LogP) is 4.26. The van der Waals surface area contributed by atoms with Gasteiger partial charge in [-0.2, -0.15) is 4.31 Å². The Kier molecular flexibility index (Phi) is 6.53. The number of hydrogen-bond acceptors (Lipinski definition) is 5. The fraction of sp³-hybridized carbons (Fsp3) is 0.250. The van der Waals surface area contributed by atoms with E-state index in [9.17, 15) is 13.2 Å². The lowest BCUT2D eigenvalue weighted by atomic mass is 9.99. The number of nitrogens with one attached hydrogen (secondary N) is 1. The van der Waals surface area contributed by atoms with Gasteiger partial charge < -0.3 is 10.1 Å². The first-order chi connectivity index (χ1) is 15.5. The van der Waals surface area contributed by atoms with Gasteiger partial charge in [0.1, 0.15) is 5.75 Å². The van der Waals surface area contributed by atoms with Crippen LogP contribution >= 0.6 is 0 Å². The number of rotatable bonds is 6. The molecule has 1 saturated heterocycles. The van der Waals surface area contributed by atoms with Crippen LogP contribution in [0.1, 0.15) is 41.2 Å². The molecule has 0 bridgehead atoms. The number of aromatic nitrogens is 1. The molecule has 2 aromatic carbocycles. The van der Waals surface area contributed by atoms with Crippen molar-refractivity contribution in [3.05, 3.63) is 84.2 Å². The molecule has 4 rings (SSSR count). The molecule has 1 aliphatic heterocycles. The number of amides is 1. The summed E-state index contributed by atoms with van der Waals surface area (Å²) >= 11 is 0. The highest BCUT2D eigenvalue weighted by Crippen LogP contribution is 2.35. The molecule has 0 spiro atoms. The van der Waals surface area contributed by atoms with Crippen molar-refractivity contribution >= 4 is 21.6 Å². The number of pyridine rings is 1. The van der Waals surface area contributed by atoms with E-state index in [1.165, 1.54) is 19.2 Å². The van der Waals surface area contributed by atoms with Gasteiger partial charge in [0.2, 0.25) is 10.0 Å². The van der Waals surface area contributed by atoms with Gasteiger partial charge in [-0.3, -0.25) is 9.78 Å². The topological polar surface area (TPSA) is 88.6 Å². The van der Waals surface area contributed by atoms with Gasteiger partial charge in [0, 0.05) is 24.6 Å². The molecule has 32 heavy (non-hydrogen) atoms. The summed E-state index contributed by atoms with van der Waals surface area (Å²) in [6.45, 7) is 0.466. The van der Waals surface area contributed by atoms with Crippen LogP contribution in [-0.4, -0.2) is 37.3 Å². The Morgan fingerprint density at radius 2 is 1.84 bits per heavy atom. The van der Waals surface area contributed by atoms with Gasteiger partial charge >= 0.3 is 0 Å². The second kappa shape index (κ2) is 9.50. The van der Waals surface area contributed by atoms with Crippen LogP contribution in [0.4, 0.5) is 5.69 Å². The number of ether oxygens (including phenoxy) is 1. The Hall–Kier alpha value is -3.23. The fourth-order valence-corrected chi connectivity index (χ4v) is 5.66. The average Bonchev–Trinajstić information content (AvgIpc) is 2.85. The molecule has 7 nitrogen and oxygen atoms in total. The fourth-order valence-electron chi connectivity index (χ4n) is 3.98. The van der Waals surface area contributed by atoms with Crippen molar-refractivity contribution in [1.82, 2.24) is 9.29 Å². The molecular weight excluding hydrogens is 426 g/mol. The van der Waals surface area contributed by atoms with Crippen molar-refractivity contribution in [1.29, 1.82) is 0 Å². The number of piperidine rings is 1. The van der Waals surface area contributed by atoms with E-state index in [1.807, 2.05) is 12.1 Å². The van der Waals surface area contributed by atoms with Gasteiger partial charge in [0.05, 0.1) is 23.6 Å². The predicted molar refractivity (Wildman–Crippen MR) is 122 cm³/mol. The Morgan fingerprint density at radius 1 is 1.06 bits per heavy atom. The van der Waals surface area contributed by atoms with E-state index in [-0.39, 0.29) is 16.8 Å². The highest BCUT2D eigenvalue weighted by Gasteiger charge is 2.34. The molecule has 1 aliphatic rings. The minimum atomic E-state index is -3.69. The molecule has 0 aliphatic carbocycles. The van der Waals surface area contributed by atoms with E-state index >= 15 is 0 Å². The van der Waals surface area contributed by atoms with E-state index in [4.69, 9.17) is 4.74 Å². The summed E-state index contributed by atoms with van der Waals surface area (Å²) in [5.74, 6) is 0.140. The number of methoxy groups -OCH3 is 1. The van der Waals surface area contributed by atoms with Crippen molar-refractivity contribution < 1.29 is 17.9 Å². The van der Waals surface area contributed by atoms with Crippen LogP contribution in [-0.2, 0) is 10.0 Å². The Bertz CT molecular complexity index is 1180. The quantitative estimate of drug-likeness (QED) is 0.605. The van der Waals surface area contributed by atoms with Gasteiger partial charge in [0.15, 0.2) is 0 Å². The lowest BCUT2D eigenvalue weighted by Crippen LogP contribution is -2.38. The Labute approximate surface area is 188 Å². The average molecular weight is 452 g/mol. The van der Waals surface area contributed by atoms with Crippen molar-refractivity contribution in [2.45, 2.75) is 30.2 Å². The Morgan fingerprint density at radius 3 is 2.56 bits per heavy atom. The first-order valence-corrected chi connectivity index (χ1v) is 11.9. The van der Waals surface area contributed by atoms with Crippen LogP contribution < -0.4 is 10.1 Å². The van der Waals surface area contributed by atoms with Crippen molar-refractivity contribution in [2.24, 2.45) is 0 Å². The van der Waals surface area contributed by atoms with Gasteiger partial charge in [-0.1, -0.05) is 24.6 Å². The monoisotopic (exact) mass is 451 g/mol. The summed E-state index contributed by atoms with van der Waals surface area (Å²) in [5, 5.41) is 2.79. The number of benzene rings is 2. The van der Waals surface area contributed by atoms with Crippen molar-refractivity contribution in [3.8, 4) is 5.75 Å². The van der Waals surface area contributed by atoms with Crippen LogP contribution in [0.2, 0.25) is 0 Å². The maximum absolute atomic E-state index is 13.4. The van der Waals surface area contributed by atoms with Crippen LogP contribution in [0, 0.1) is 0 Å². The standard InChI is InChI=1S/C24H25N3O4S/c1-31-23-10-3-2-8-21(23)24(28)26-19-11-13-20(14-12-19)32(29,30)27-16-5-4-9-22(27)18-7-6-15-25-17-18/h2-3,6-8,10-15,17,22H,4-5,9,16H2,1H3,(H,26,28)/t22-/m1/s1. The maximum Gasteiger partial charge on any atom is 0.259 e. The number of hydrogen-bond donors (Lipinski definition) is 1. The van der Waals surface area contributed by atoms with E-state index in [2.05, 4.69) is 10.3 Å². The summed E-state index contributed by atoms with van der Waals surface area (Å²) < 4.78 is 33.6. The lowest BCUT2D eigenvalue weighted by molar-refractivity contribution is 0.102.